The summed E-state index contributed by atoms with van der Waals surface area (Å²) in [5.74, 6) is 0. The molecule has 0 radical (unpaired) electrons. The molecule has 3 heteroatoms. The van der Waals surface area contributed by atoms with Crippen LogP contribution < -0.4 is 0 Å². The molecule has 0 aliphatic heterocycles. The van der Waals surface area contributed by atoms with Crippen molar-refractivity contribution < 1.29 is 14.2 Å². The van der Waals surface area contributed by atoms with Gasteiger partial charge in [-0.3, -0.25) is 0 Å². The molecular weight excluding hydrogens is 192 g/mol. The summed E-state index contributed by atoms with van der Waals surface area (Å²) in [4.78, 5) is 0. The van der Waals surface area contributed by atoms with E-state index in [2.05, 4.69) is 20.8 Å². The summed E-state index contributed by atoms with van der Waals surface area (Å²) in [6.07, 6.45) is 2.33. The van der Waals surface area contributed by atoms with Crippen LogP contribution in [0.4, 0.5) is 0 Å². The summed E-state index contributed by atoms with van der Waals surface area (Å²) in [6.45, 7) is 10.3. The molecule has 0 aliphatic carbocycles. The van der Waals surface area contributed by atoms with Crippen molar-refractivity contribution in [2.24, 2.45) is 5.41 Å². The van der Waals surface area contributed by atoms with Crippen molar-refractivity contribution in [1.82, 2.24) is 0 Å². The molecule has 0 N–H and O–H groups in total. The summed E-state index contributed by atoms with van der Waals surface area (Å²) in [6, 6.07) is 0. The third-order valence-electron chi connectivity index (χ3n) is 2.02. The first-order chi connectivity index (χ1) is 7.06. The zero-order valence-electron chi connectivity index (χ0n) is 10.7. The summed E-state index contributed by atoms with van der Waals surface area (Å²) >= 11 is 0. The highest BCUT2D eigenvalue weighted by Gasteiger charge is 2.08. The predicted octanol–water partition coefficient (Wildman–Crippen LogP) is 2.49. The van der Waals surface area contributed by atoms with Gasteiger partial charge in [-0.05, 0) is 18.3 Å². The van der Waals surface area contributed by atoms with Crippen LogP contribution in [0, 0.1) is 5.41 Å². The van der Waals surface area contributed by atoms with Crippen LogP contribution in [0.1, 0.15) is 33.6 Å². The van der Waals surface area contributed by atoms with Crippen molar-refractivity contribution in [3.63, 3.8) is 0 Å². The molecule has 0 saturated heterocycles. The molecule has 0 aromatic rings. The standard InChI is InChI=1S/C12H26O3/c1-12(2,3)6-5-7-14-10-11-15-9-8-13-4/h5-11H2,1-4H3. The van der Waals surface area contributed by atoms with Crippen LogP contribution in [0.5, 0.6) is 0 Å². The highest BCUT2D eigenvalue weighted by Crippen LogP contribution is 2.20. The van der Waals surface area contributed by atoms with Crippen LogP contribution in [0.15, 0.2) is 0 Å². The Labute approximate surface area is 94.1 Å². The molecule has 0 amide bonds. The molecule has 0 atom stereocenters. The lowest BCUT2D eigenvalue weighted by Crippen LogP contribution is -2.10. The Hall–Kier alpha value is -0.120. The zero-order chi connectivity index (χ0) is 11.6. The highest BCUT2D eigenvalue weighted by atomic mass is 16.5. The van der Waals surface area contributed by atoms with Crippen LogP contribution in [0.2, 0.25) is 0 Å². The van der Waals surface area contributed by atoms with Crippen molar-refractivity contribution in [3.05, 3.63) is 0 Å². The largest absolute Gasteiger partial charge is 0.382 e. The van der Waals surface area contributed by atoms with Gasteiger partial charge < -0.3 is 14.2 Å². The summed E-state index contributed by atoms with van der Waals surface area (Å²) in [7, 11) is 1.67. The van der Waals surface area contributed by atoms with Crippen molar-refractivity contribution in [1.29, 1.82) is 0 Å². The molecule has 0 aliphatic rings. The lowest BCUT2D eigenvalue weighted by molar-refractivity contribution is 0.0228. The molecule has 0 fully saturated rings. The fourth-order valence-corrected chi connectivity index (χ4v) is 1.17. The maximum absolute atomic E-state index is 5.44. The maximum atomic E-state index is 5.44. The average Bonchev–Trinajstić information content (AvgIpc) is 2.14. The van der Waals surface area contributed by atoms with Gasteiger partial charge in [0.15, 0.2) is 0 Å². The van der Waals surface area contributed by atoms with Gasteiger partial charge in [0.2, 0.25) is 0 Å². The van der Waals surface area contributed by atoms with Crippen molar-refractivity contribution in [2.45, 2.75) is 33.6 Å². The van der Waals surface area contributed by atoms with E-state index < -0.39 is 0 Å². The second kappa shape index (κ2) is 9.13. The molecule has 0 aromatic heterocycles. The van der Waals surface area contributed by atoms with E-state index in [0.29, 0.717) is 31.8 Å². The first-order valence-electron chi connectivity index (χ1n) is 5.71. The van der Waals surface area contributed by atoms with Crippen molar-refractivity contribution in [3.8, 4) is 0 Å². The van der Waals surface area contributed by atoms with Gasteiger partial charge in [-0.2, -0.15) is 0 Å². The number of hydrogen-bond acceptors (Lipinski definition) is 3. The number of ether oxygens (including phenoxy) is 3. The second-order valence-electron chi connectivity index (χ2n) is 4.88. The molecule has 0 spiro atoms. The smallest absolute Gasteiger partial charge is 0.0701 e. The van der Waals surface area contributed by atoms with Gasteiger partial charge in [0, 0.05) is 13.7 Å². The van der Waals surface area contributed by atoms with Gasteiger partial charge in [0.05, 0.1) is 26.4 Å². The van der Waals surface area contributed by atoms with Gasteiger partial charge in [-0.15, -0.1) is 0 Å². The van der Waals surface area contributed by atoms with E-state index in [1.54, 1.807) is 7.11 Å². The van der Waals surface area contributed by atoms with Gasteiger partial charge in [-0.1, -0.05) is 20.8 Å². The Kier molecular flexibility index (Phi) is 9.06. The van der Waals surface area contributed by atoms with Crippen LogP contribution in [0.3, 0.4) is 0 Å². The van der Waals surface area contributed by atoms with Crippen LogP contribution >= 0.6 is 0 Å². The van der Waals surface area contributed by atoms with Crippen molar-refractivity contribution >= 4 is 0 Å². The SMILES string of the molecule is COCCOCCOCCCC(C)(C)C. The monoisotopic (exact) mass is 218 g/mol. The summed E-state index contributed by atoms with van der Waals surface area (Å²) in [5, 5.41) is 0. The molecule has 0 heterocycles. The maximum Gasteiger partial charge on any atom is 0.0701 e. The summed E-state index contributed by atoms with van der Waals surface area (Å²) in [5.41, 5.74) is 0.415. The third kappa shape index (κ3) is 13.9. The molecule has 0 aromatic carbocycles. The second-order valence-corrected chi connectivity index (χ2v) is 4.88. The first-order valence-corrected chi connectivity index (χ1v) is 5.71. The van der Waals surface area contributed by atoms with E-state index in [9.17, 15) is 0 Å². The zero-order valence-corrected chi connectivity index (χ0v) is 10.7. The quantitative estimate of drug-likeness (QED) is 0.556. The Morgan fingerprint density at radius 1 is 0.800 bits per heavy atom. The Bertz CT molecular complexity index is 129. The van der Waals surface area contributed by atoms with E-state index in [4.69, 9.17) is 14.2 Å². The van der Waals surface area contributed by atoms with Gasteiger partial charge in [0.25, 0.3) is 0 Å². The highest BCUT2D eigenvalue weighted by molar-refractivity contribution is 4.60. The van der Waals surface area contributed by atoms with Gasteiger partial charge in [0.1, 0.15) is 0 Å². The van der Waals surface area contributed by atoms with E-state index in [1.807, 2.05) is 0 Å². The molecule has 15 heavy (non-hydrogen) atoms. The Morgan fingerprint density at radius 2 is 1.33 bits per heavy atom. The molecule has 3 nitrogen and oxygen atoms in total. The van der Waals surface area contributed by atoms with Crippen LogP contribution in [-0.4, -0.2) is 40.1 Å². The topological polar surface area (TPSA) is 27.7 Å². The van der Waals surface area contributed by atoms with Gasteiger partial charge in [-0.25, -0.2) is 0 Å². The Balaban J connectivity index is 2.99. The molecule has 92 valence electrons. The lowest BCUT2D eigenvalue weighted by Gasteiger charge is -2.17. The number of methoxy groups -OCH3 is 1. The molecule has 0 rings (SSSR count). The van der Waals surface area contributed by atoms with E-state index in [0.717, 1.165) is 13.0 Å². The minimum absolute atomic E-state index is 0.415. The van der Waals surface area contributed by atoms with Gasteiger partial charge >= 0.3 is 0 Å². The summed E-state index contributed by atoms with van der Waals surface area (Å²) < 4.78 is 15.6. The Morgan fingerprint density at radius 3 is 1.87 bits per heavy atom. The first kappa shape index (κ1) is 14.9. The molecule has 0 unspecified atom stereocenters. The van der Waals surface area contributed by atoms with E-state index in [-0.39, 0.29) is 0 Å². The van der Waals surface area contributed by atoms with Crippen molar-refractivity contribution in [2.75, 3.05) is 40.1 Å². The molecule has 0 bridgehead atoms. The minimum Gasteiger partial charge on any atom is -0.382 e. The molecular formula is C12H26O3. The minimum atomic E-state index is 0.415. The van der Waals surface area contributed by atoms with E-state index in [1.165, 1.54) is 6.42 Å². The van der Waals surface area contributed by atoms with Crippen LogP contribution in [-0.2, 0) is 14.2 Å². The normalized spacial score (nSPS) is 12.0. The van der Waals surface area contributed by atoms with Crippen LogP contribution in [0.25, 0.3) is 0 Å². The third-order valence-corrected chi connectivity index (χ3v) is 2.02. The fraction of sp³-hybridized carbons (Fsp3) is 1.00. The number of hydrogen-bond donors (Lipinski definition) is 0. The predicted molar refractivity (Wildman–Crippen MR) is 62.2 cm³/mol. The average molecular weight is 218 g/mol. The number of rotatable bonds is 9. The van der Waals surface area contributed by atoms with E-state index >= 15 is 0 Å². The molecule has 0 saturated carbocycles. The fourth-order valence-electron chi connectivity index (χ4n) is 1.17. The lowest BCUT2D eigenvalue weighted by atomic mass is 9.91.